The molecule has 1 aliphatic rings. The van der Waals surface area contributed by atoms with E-state index < -0.39 is 5.60 Å². The first-order valence-electron chi connectivity index (χ1n) is 7.70. The standard InChI is InChI=1S/C17H27NO3/c1-13-5-4-8-17(19,10-13)12-18-11-14-9-15(20-2)6-7-16(14)21-3/h6-7,9,13,18-19H,4-5,8,10-12H2,1-3H3. The summed E-state index contributed by atoms with van der Waals surface area (Å²) in [5.41, 5.74) is 0.480. The number of benzene rings is 1. The third kappa shape index (κ3) is 4.35. The van der Waals surface area contributed by atoms with Crippen molar-refractivity contribution in [2.75, 3.05) is 20.8 Å². The Morgan fingerprint density at radius 1 is 1.33 bits per heavy atom. The molecule has 0 radical (unpaired) electrons. The molecule has 2 rings (SSSR count). The molecule has 0 aromatic heterocycles. The van der Waals surface area contributed by atoms with Gasteiger partial charge in [-0.05, 0) is 37.0 Å². The van der Waals surface area contributed by atoms with Gasteiger partial charge in [-0.25, -0.2) is 0 Å². The predicted octanol–water partition coefficient (Wildman–Crippen LogP) is 2.73. The van der Waals surface area contributed by atoms with Crippen molar-refractivity contribution in [3.05, 3.63) is 23.8 Å². The second kappa shape index (κ2) is 7.14. The zero-order valence-electron chi connectivity index (χ0n) is 13.3. The zero-order valence-corrected chi connectivity index (χ0v) is 13.3. The number of nitrogens with one attached hydrogen (secondary N) is 1. The van der Waals surface area contributed by atoms with Gasteiger partial charge in [-0.3, -0.25) is 0 Å². The maximum absolute atomic E-state index is 10.6. The molecule has 0 heterocycles. The Balaban J connectivity index is 1.93. The van der Waals surface area contributed by atoms with Crippen LogP contribution in [-0.2, 0) is 6.54 Å². The van der Waals surface area contributed by atoms with Gasteiger partial charge in [-0.1, -0.05) is 19.8 Å². The highest BCUT2D eigenvalue weighted by atomic mass is 16.5. The van der Waals surface area contributed by atoms with E-state index in [0.29, 0.717) is 19.0 Å². The lowest BCUT2D eigenvalue weighted by molar-refractivity contribution is -0.0119. The molecule has 0 spiro atoms. The number of hydrogen-bond donors (Lipinski definition) is 2. The fourth-order valence-electron chi connectivity index (χ4n) is 3.24. The summed E-state index contributed by atoms with van der Waals surface area (Å²) in [4.78, 5) is 0. The van der Waals surface area contributed by atoms with Crippen LogP contribution in [-0.4, -0.2) is 31.5 Å². The number of rotatable bonds is 6. The van der Waals surface area contributed by atoms with Gasteiger partial charge >= 0.3 is 0 Å². The zero-order chi connectivity index (χ0) is 15.3. The Bertz CT molecular complexity index is 463. The van der Waals surface area contributed by atoms with Crippen LogP contribution >= 0.6 is 0 Å². The molecule has 2 N–H and O–H groups in total. The summed E-state index contributed by atoms with van der Waals surface area (Å²) in [7, 11) is 3.33. The molecular formula is C17H27NO3. The van der Waals surface area contributed by atoms with Crippen molar-refractivity contribution in [3.8, 4) is 11.5 Å². The molecule has 1 aromatic rings. The normalized spacial score (nSPS) is 25.6. The van der Waals surface area contributed by atoms with E-state index in [2.05, 4.69) is 12.2 Å². The summed E-state index contributed by atoms with van der Waals surface area (Å²) in [6.07, 6.45) is 4.11. The van der Waals surface area contributed by atoms with E-state index in [1.165, 1.54) is 6.42 Å². The van der Waals surface area contributed by atoms with Crippen LogP contribution in [0, 0.1) is 5.92 Å². The molecule has 118 valence electrons. The minimum atomic E-state index is -0.566. The monoisotopic (exact) mass is 293 g/mol. The second-order valence-electron chi connectivity index (χ2n) is 6.21. The first kappa shape index (κ1) is 16.1. The minimum absolute atomic E-state index is 0.566. The summed E-state index contributed by atoms with van der Waals surface area (Å²) in [5.74, 6) is 2.27. The van der Waals surface area contributed by atoms with Gasteiger partial charge < -0.3 is 19.9 Å². The lowest BCUT2D eigenvalue weighted by atomic mass is 9.79. The fourth-order valence-corrected chi connectivity index (χ4v) is 3.24. The molecule has 1 aromatic carbocycles. The molecule has 1 aliphatic carbocycles. The van der Waals surface area contributed by atoms with E-state index >= 15 is 0 Å². The van der Waals surface area contributed by atoms with Crippen LogP contribution in [0.3, 0.4) is 0 Å². The molecule has 1 saturated carbocycles. The van der Waals surface area contributed by atoms with Crippen LogP contribution in [0.1, 0.15) is 38.2 Å². The van der Waals surface area contributed by atoms with Gasteiger partial charge in [0.25, 0.3) is 0 Å². The van der Waals surface area contributed by atoms with E-state index in [-0.39, 0.29) is 0 Å². The number of aliphatic hydroxyl groups is 1. The SMILES string of the molecule is COc1ccc(OC)c(CNCC2(O)CCCC(C)C2)c1. The third-order valence-electron chi connectivity index (χ3n) is 4.32. The first-order chi connectivity index (χ1) is 10.1. The maximum atomic E-state index is 10.6. The van der Waals surface area contributed by atoms with Crippen LogP contribution in [0.4, 0.5) is 0 Å². The minimum Gasteiger partial charge on any atom is -0.497 e. The van der Waals surface area contributed by atoms with Crippen molar-refractivity contribution >= 4 is 0 Å². The van der Waals surface area contributed by atoms with Crippen molar-refractivity contribution in [1.82, 2.24) is 5.32 Å². The van der Waals surface area contributed by atoms with Gasteiger partial charge in [0.1, 0.15) is 11.5 Å². The molecule has 0 aliphatic heterocycles. The lowest BCUT2D eigenvalue weighted by Gasteiger charge is -2.35. The van der Waals surface area contributed by atoms with E-state index in [1.54, 1.807) is 14.2 Å². The Hall–Kier alpha value is -1.26. The average Bonchev–Trinajstić information content (AvgIpc) is 2.46. The summed E-state index contributed by atoms with van der Waals surface area (Å²) in [6, 6.07) is 5.77. The van der Waals surface area contributed by atoms with Crippen LogP contribution in [0.25, 0.3) is 0 Å². The number of methoxy groups -OCH3 is 2. The van der Waals surface area contributed by atoms with Gasteiger partial charge in [-0.15, -0.1) is 0 Å². The summed E-state index contributed by atoms with van der Waals surface area (Å²) in [6.45, 7) is 3.50. The predicted molar refractivity (Wildman–Crippen MR) is 83.8 cm³/mol. The molecule has 0 saturated heterocycles. The topological polar surface area (TPSA) is 50.7 Å². The quantitative estimate of drug-likeness (QED) is 0.847. The van der Waals surface area contributed by atoms with Gasteiger partial charge in [0.05, 0.1) is 19.8 Å². The molecule has 2 atom stereocenters. The Labute approximate surface area is 127 Å². The molecule has 4 nitrogen and oxygen atoms in total. The molecule has 21 heavy (non-hydrogen) atoms. The lowest BCUT2D eigenvalue weighted by Crippen LogP contribution is -2.43. The van der Waals surface area contributed by atoms with Crippen molar-refractivity contribution < 1.29 is 14.6 Å². The summed E-state index contributed by atoms with van der Waals surface area (Å²) >= 11 is 0. The molecule has 4 heteroatoms. The molecule has 2 unspecified atom stereocenters. The molecular weight excluding hydrogens is 266 g/mol. The first-order valence-corrected chi connectivity index (χ1v) is 7.70. The highest BCUT2D eigenvalue weighted by molar-refractivity contribution is 5.40. The maximum Gasteiger partial charge on any atom is 0.123 e. The van der Waals surface area contributed by atoms with Crippen LogP contribution in [0.5, 0.6) is 11.5 Å². The molecule has 0 amide bonds. The molecule has 1 fully saturated rings. The van der Waals surface area contributed by atoms with Crippen molar-refractivity contribution in [3.63, 3.8) is 0 Å². The Morgan fingerprint density at radius 2 is 2.14 bits per heavy atom. The van der Waals surface area contributed by atoms with E-state index in [0.717, 1.165) is 36.3 Å². The molecule has 0 bridgehead atoms. The third-order valence-corrected chi connectivity index (χ3v) is 4.32. The number of ether oxygens (including phenoxy) is 2. The van der Waals surface area contributed by atoms with Gasteiger partial charge in [0, 0.05) is 18.7 Å². The Kier molecular flexibility index (Phi) is 5.48. The van der Waals surface area contributed by atoms with Crippen molar-refractivity contribution in [1.29, 1.82) is 0 Å². The summed E-state index contributed by atoms with van der Waals surface area (Å²) < 4.78 is 10.6. The van der Waals surface area contributed by atoms with Crippen LogP contribution in [0.2, 0.25) is 0 Å². The Morgan fingerprint density at radius 3 is 2.81 bits per heavy atom. The second-order valence-corrected chi connectivity index (χ2v) is 6.21. The fraction of sp³-hybridized carbons (Fsp3) is 0.647. The summed E-state index contributed by atoms with van der Waals surface area (Å²) in [5, 5.41) is 14.0. The van der Waals surface area contributed by atoms with Crippen LogP contribution < -0.4 is 14.8 Å². The van der Waals surface area contributed by atoms with Crippen molar-refractivity contribution in [2.24, 2.45) is 5.92 Å². The highest BCUT2D eigenvalue weighted by Gasteiger charge is 2.32. The highest BCUT2D eigenvalue weighted by Crippen LogP contribution is 2.32. The average molecular weight is 293 g/mol. The smallest absolute Gasteiger partial charge is 0.123 e. The van der Waals surface area contributed by atoms with Crippen LogP contribution in [0.15, 0.2) is 18.2 Å². The van der Waals surface area contributed by atoms with E-state index in [9.17, 15) is 5.11 Å². The van der Waals surface area contributed by atoms with Gasteiger partial charge in [0.2, 0.25) is 0 Å². The number of hydrogen-bond acceptors (Lipinski definition) is 4. The van der Waals surface area contributed by atoms with E-state index in [4.69, 9.17) is 9.47 Å². The van der Waals surface area contributed by atoms with E-state index in [1.807, 2.05) is 18.2 Å². The van der Waals surface area contributed by atoms with Gasteiger partial charge in [-0.2, -0.15) is 0 Å². The van der Waals surface area contributed by atoms with Crippen molar-refractivity contribution in [2.45, 2.75) is 44.8 Å². The van der Waals surface area contributed by atoms with Gasteiger partial charge in [0.15, 0.2) is 0 Å². The largest absolute Gasteiger partial charge is 0.497 e.